The molecule has 29 heavy (non-hydrogen) atoms. The van der Waals surface area contributed by atoms with E-state index in [-0.39, 0.29) is 11.7 Å². The first-order valence-corrected chi connectivity index (χ1v) is 9.68. The number of nitrogens with zero attached hydrogens (tertiary/aromatic N) is 3. The summed E-state index contributed by atoms with van der Waals surface area (Å²) in [5.74, 6) is 0.762. The number of anilines is 1. The molecule has 0 atom stereocenters. The topological polar surface area (TPSA) is 45.2 Å². The van der Waals surface area contributed by atoms with Gasteiger partial charge in [-0.05, 0) is 36.9 Å². The maximum Gasteiger partial charge on any atom is 0.236 e. The van der Waals surface area contributed by atoms with E-state index in [1.807, 2.05) is 47.2 Å². The smallest absolute Gasteiger partial charge is 0.236 e. The van der Waals surface area contributed by atoms with Gasteiger partial charge in [0, 0.05) is 32.7 Å². The Labute approximate surface area is 171 Å². The summed E-state index contributed by atoms with van der Waals surface area (Å²) in [6.45, 7) is 3.65. The zero-order valence-corrected chi connectivity index (χ0v) is 17.2. The average molecular weight is 401 g/mol. The summed E-state index contributed by atoms with van der Waals surface area (Å²) in [4.78, 5) is 18.7. The van der Waals surface area contributed by atoms with Crippen LogP contribution in [-0.2, 0) is 11.3 Å². The predicted octanol–water partition coefficient (Wildman–Crippen LogP) is 2.62. The van der Waals surface area contributed by atoms with Gasteiger partial charge in [-0.15, -0.1) is 0 Å². The van der Waals surface area contributed by atoms with Gasteiger partial charge in [-0.1, -0.05) is 18.2 Å². The largest absolute Gasteiger partial charge is 0.495 e. The first-order valence-electron chi connectivity index (χ1n) is 9.68. The number of amides is 1. The van der Waals surface area contributed by atoms with Crippen LogP contribution in [0.2, 0.25) is 0 Å². The monoisotopic (exact) mass is 401 g/mol. The molecule has 0 unspecified atom stereocenters. The molecule has 2 aromatic rings. The van der Waals surface area contributed by atoms with Crippen LogP contribution in [0.1, 0.15) is 5.56 Å². The third-order valence-corrected chi connectivity index (χ3v) is 5.13. The van der Waals surface area contributed by atoms with Crippen molar-refractivity contribution in [3.05, 3.63) is 53.8 Å². The number of carbonyl (C=O) groups excluding carboxylic acids is 1. The minimum Gasteiger partial charge on any atom is -0.495 e. The minimum absolute atomic E-state index is 0.0844. The highest BCUT2D eigenvalue weighted by Gasteiger charge is 2.23. The highest BCUT2D eigenvalue weighted by molar-refractivity contribution is 5.78. The van der Waals surface area contributed by atoms with E-state index >= 15 is 0 Å². The SMILES string of the molecule is COc1ccc(CN(C)CC(=O)N2CCN(c3ccccc3OC)CC2)cc1F. The molecule has 1 aliphatic heterocycles. The Kier molecular flexibility index (Phi) is 6.93. The highest BCUT2D eigenvalue weighted by atomic mass is 19.1. The van der Waals surface area contributed by atoms with Crippen molar-refractivity contribution in [2.24, 2.45) is 0 Å². The van der Waals surface area contributed by atoms with Crippen molar-refractivity contribution in [1.82, 2.24) is 9.80 Å². The van der Waals surface area contributed by atoms with Gasteiger partial charge in [-0.3, -0.25) is 9.69 Å². The van der Waals surface area contributed by atoms with Gasteiger partial charge in [0.2, 0.25) is 5.91 Å². The summed E-state index contributed by atoms with van der Waals surface area (Å²) in [6.07, 6.45) is 0. The van der Waals surface area contributed by atoms with Crippen LogP contribution in [-0.4, -0.2) is 69.7 Å². The van der Waals surface area contributed by atoms with Crippen molar-refractivity contribution in [1.29, 1.82) is 0 Å². The molecule has 0 radical (unpaired) electrons. The second-order valence-corrected chi connectivity index (χ2v) is 7.18. The van der Waals surface area contributed by atoms with E-state index in [0.717, 1.165) is 30.1 Å². The third-order valence-electron chi connectivity index (χ3n) is 5.13. The van der Waals surface area contributed by atoms with E-state index in [1.54, 1.807) is 13.2 Å². The number of hydrogen-bond acceptors (Lipinski definition) is 5. The zero-order chi connectivity index (χ0) is 20.8. The van der Waals surface area contributed by atoms with Crippen LogP contribution in [0.5, 0.6) is 11.5 Å². The molecule has 1 aliphatic rings. The molecule has 156 valence electrons. The molecule has 0 aliphatic carbocycles. The average Bonchev–Trinajstić information content (AvgIpc) is 2.74. The van der Waals surface area contributed by atoms with Gasteiger partial charge in [0.25, 0.3) is 0 Å². The first kappa shape index (κ1) is 20.9. The number of halogens is 1. The van der Waals surface area contributed by atoms with Crippen LogP contribution in [0.3, 0.4) is 0 Å². The molecule has 2 aromatic carbocycles. The lowest BCUT2D eigenvalue weighted by Crippen LogP contribution is -2.51. The summed E-state index contributed by atoms with van der Waals surface area (Å²) < 4.78 is 24.2. The molecule has 0 N–H and O–H groups in total. The molecule has 0 bridgehead atoms. The fraction of sp³-hybridized carbons (Fsp3) is 0.409. The van der Waals surface area contributed by atoms with Gasteiger partial charge >= 0.3 is 0 Å². The van der Waals surface area contributed by atoms with Gasteiger partial charge in [0.15, 0.2) is 11.6 Å². The van der Waals surface area contributed by atoms with Gasteiger partial charge in [0.1, 0.15) is 5.75 Å². The standard InChI is InChI=1S/C22H28FN3O3/c1-24(15-17-8-9-20(28-2)18(23)14-17)16-22(27)26-12-10-25(11-13-26)19-6-4-5-7-21(19)29-3/h4-9,14H,10-13,15-16H2,1-3H3. The molecule has 1 amide bonds. The zero-order valence-electron chi connectivity index (χ0n) is 17.2. The Bertz CT molecular complexity index is 838. The van der Waals surface area contributed by atoms with Crippen LogP contribution in [0.4, 0.5) is 10.1 Å². The van der Waals surface area contributed by atoms with Gasteiger partial charge in [0.05, 0.1) is 26.5 Å². The molecule has 1 heterocycles. The molecular formula is C22H28FN3O3. The second-order valence-electron chi connectivity index (χ2n) is 7.18. The number of hydrogen-bond donors (Lipinski definition) is 0. The lowest BCUT2D eigenvalue weighted by Gasteiger charge is -2.37. The number of para-hydroxylation sites is 2. The van der Waals surface area contributed by atoms with Crippen LogP contribution < -0.4 is 14.4 Å². The number of ether oxygens (including phenoxy) is 2. The predicted molar refractivity (Wildman–Crippen MR) is 111 cm³/mol. The normalized spacial score (nSPS) is 14.2. The van der Waals surface area contributed by atoms with Crippen LogP contribution in [0, 0.1) is 5.82 Å². The Morgan fingerprint density at radius 2 is 1.72 bits per heavy atom. The van der Waals surface area contributed by atoms with Crippen molar-refractivity contribution < 1.29 is 18.7 Å². The summed E-state index contributed by atoms with van der Waals surface area (Å²) in [5, 5.41) is 0. The number of methoxy groups -OCH3 is 2. The molecule has 3 rings (SSSR count). The number of benzene rings is 2. The Morgan fingerprint density at radius 1 is 1.03 bits per heavy atom. The first-order chi connectivity index (χ1) is 14.0. The van der Waals surface area contributed by atoms with Crippen molar-refractivity contribution in [3.8, 4) is 11.5 Å². The summed E-state index contributed by atoms with van der Waals surface area (Å²) in [7, 11) is 4.98. The number of rotatable bonds is 7. The fourth-order valence-electron chi connectivity index (χ4n) is 3.59. The van der Waals surface area contributed by atoms with Gasteiger partial charge in [-0.2, -0.15) is 0 Å². The molecule has 0 spiro atoms. The lowest BCUT2D eigenvalue weighted by molar-refractivity contribution is -0.132. The van der Waals surface area contributed by atoms with Crippen molar-refractivity contribution in [3.63, 3.8) is 0 Å². The van der Waals surface area contributed by atoms with E-state index in [9.17, 15) is 9.18 Å². The maximum atomic E-state index is 13.9. The van der Waals surface area contributed by atoms with E-state index in [4.69, 9.17) is 9.47 Å². The molecule has 7 heteroatoms. The molecule has 6 nitrogen and oxygen atoms in total. The van der Waals surface area contributed by atoms with Crippen LogP contribution >= 0.6 is 0 Å². The van der Waals surface area contributed by atoms with Gasteiger partial charge in [-0.25, -0.2) is 4.39 Å². The molecule has 1 saturated heterocycles. The Balaban J connectivity index is 1.51. The maximum absolute atomic E-state index is 13.9. The van der Waals surface area contributed by atoms with E-state index < -0.39 is 5.82 Å². The Hall–Kier alpha value is -2.80. The van der Waals surface area contributed by atoms with Crippen molar-refractivity contribution in [2.75, 3.05) is 58.9 Å². The van der Waals surface area contributed by atoms with Crippen molar-refractivity contribution in [2.45, 2.75) is 6.54 Å². The number of carbonyl (C=O) groups is 1. The lowest BCUT2D eigenvalue weighted by atomic mass is 10.2. The molecule has 0 saturated carbocycles. The molecule has 0 aromatic heterocycles. The summed E-state index contributed by atoms with van der Waals surface area (Å²) in [5.41, 5.74) is 1.86. The quantitative estimate of drug-likeness (QED) is 0.714. The highest BCUT2D eigenvalue weighted by Crippen LogP contribution is 2.28. The molecular weight excluding hydrogens is 373 g/mol. The van der Waals surface area contributed by atoms with Crippen LogP contribution in [0.25, 0.3) is 0 Å². The van der Waals surface area contributed by atoms with E-state index in [1.165, 1.54) is 13.2 Å². The number of likely N-dealkylation sites (N-methyl/N-ethyl adjacent to an activating group) is 1. The van der Waals surface area contributed by atoms with Gasteiger partial charge < -0.3 is 19.3 Å². The second kappa shape index (κ2) is 9.60. The summed E-state index contributed by atoms with van der Waals surface area (Å²) in [6, 6.07) is 12.8. The van der Waals surface area contributed by atoms with E-state index in [2.05, 4.69) is 4.90 Å². The summed E-state index contributed by atoms with van der Waals surface area (Å²) >= 11 is 0. The molecule has 1 fully saturated rings. The van der Waals surface area contributed by atoms with E-state index in [0.29, 0.717) is 26.2 Å². The van der Waals surface area contributed by atoms with Crippen LogP contribution in [0.15, 0.2) is 42.5 Å². The number of piperazine rings is 1. The fourth-order valence-corrected chi connectivity index (χ4v) is 3.59. The van der Waals surface area contributed by atoms with Crippen molar-refractivity contribution >= 4 is 11.6 Å². The Morgan fingerprint density at radius 3 is 2.38 bits per heavy atom. The minimum atomic E-state index is -0.391. The third kappa shape index (κ3) is 5.17.